The minimum absolute atomic E-state index is 0.200. The summed E-state index contributed by atoms with van der Waals surface area (Å²) >= 11 is 6.06. The molecule has 0 fully saturated rings. The lowest BCUT2D eigenvalue weighted by Crippen LogP contribution is -1.97. The number of aryl methyl sites for hydroxylation is 1. The van der Waals surface area contributed by atoms with Crippen LogP contribution in [0.5, 0.6) is 11.5 Å². The van der Waals surface area contributed by atoms with E-state index >= 15 is 0 Å². The molecule has 106 valence electrons. The molecule has 3 rings (SSSR count). The normalized spacial score (nSPS) is 10.8. The van der Waals surface area contributed by atoms with Crippen molar-refractivity contribution < 1.29 is 9.84 Å². The molecular formula is C17H14ClNO2. The Morgan fingerprint density at radius 1 is 1.14 bits per heavy atom. The Labute approximate surface area is 127 Å². The van der Waals surface area contributed by atoms with Crippen LogP contribution in [0.25, 0.3) is 10.9 Å². The minimum Gasteiger partial charge on any atom is -0.508 e. The zero-order valence-electron chi connectivity index (χ0n) is 11.5. The monoisotopic (exact) mass is 299 g/mol. The Morgan fingerprint density at radius 3 is 2.67 bits per heavy atom. The summed E-state index contributed by atoms with van der Waals surface area (Å²) in [5.74, 6) is 0.864. The molecule has 0 atom stereocenters. The van der Waals surface area contributed by atoms with E-state index in [1.807, 2.05) is 37.3 Å². The molecule has 0 radical (unpaired) electrons. The Hall–Kier alpha value is -2.26. The van der Waals surface area contributed by atoms with Gasteiger partial charge in [-0.3, -0.25) is 0 Å². The first-order chi connectivity index (χ1) is 10.1. The lowest BCUT2D eigenvalue weighted by Gasteiger charge is -2.11. The molecule has 4 heteroatoms. The molecule has 0 aliphatic heterocycles. The van der Waals surface area contributed by atoms with Crippen LogP contribution in [-0.2, 0) is 6.61 Å². The van der Waals surface area contributed by atoms with E-state index in [1.54, 1.807) is 18.2 Å². The van der Waals surface area contributed by atoms with Crippen molar-refractivity contribution >= 4 is 22.5 Å². The van der Waals surface area contributed by atoms with Crippen LogP contribution < -0.4 is 4.74 Å². The van der Waals surface area contributed by atoms with Gasteiger partial charge < -0.3 is 9.84 Å². The molecular weight excluding hydrogens is 286 g/mol. The van der Waals surface area contributed by atoms with E-state index in [9.17, 15) is 5.11 Å². The summed E-state index contributed by atoms with van der Waals surface area (Å²) in [7, 11) is 0. The number of hydrogen-bond donors (Lipinski definition) is 1. The van der Waals surface area contributed by atoms with E-state index in [1.165, 1.54) is 0 Å². The second kappa shape index (κ2) is 5.62. The van der Waals surface area contributed by atoms with E-state index in [4.69, 9.17) is 16.3 Å². The fourth-order valence-electron chi connectivity index (χ4n) is 2.21. The summed E-state index contributed by atoms with van der Waals surface area (Å²) in [4.78, 5) is 4.28. The molecule has 2 aromatic carbocycles. The fourth-order valence-corrected chi connectivity index (χ4v) is 2.40. The van der Waals surface area contributed by atoms with Gasteiger partial charge in [-0.25, -0.2) is 4.98 Å². The first kappa shape index (κ1) is 13.7. The van der Waals surface area contributed by atoms with Crippen LogP contribution in [0.15, 0.2) is 48.5 Å². The molecule has 1 aromatic heterocycles. The van der Waals surface area contributed by atoms with Crippen molar-refractivity contribution in [1.82, 2.24) is 4.98 Å². The summed E-state index contributed by atoms with van der Waals surface area (Å²) in [6.07, 6.45) is 0. The van der Waals surface area contributed by atoms with Crippen LogP contribution >= 0.6 is 11.6 Å². The number of phenols is 1. The van der Waals surface area contributed by atoms with Crippen molar-refractivity contribution in [3.8, 4) is 11.5 Å². The number of aromatic nitrogens is 1. The third kappa shape index (κ3) is 2.78. The number of halogens is 1. The lowest BCUT2D eigenvalue weighted by atomic mass is 10.1. The molecule has 1 heterocycles. The summed E-state index contributed by atoms with van der Waals surface area (Å²) in [5, 5.41) is 11.0. The molecule has 3 nitrogen and oxygen atoms in total. The average Bonchev–Trinajstić information content (AvgIpc) is 2.50. The number of phenolic OH excluding ortho intramolecular Hbond substituents is 1. The van der Waals surface area contributed by atoms with Gasteiger partial charge in [-0.15, -0.1) is 0 Å². The maximum Gasteiger partial charge on any atom is 0.133 e. The van der Waals surface area contributed by atoms with E-state index in [2.05, 4.69) is 4.98 Å². The standard InChI is InChI=1S/C17H14ClNO2/c1-11-14(20)8-7-13-15(9-16(18)19-17(11)13)21-10-12-5-3-2-4-6-12/h2-9,20H,10H2,1H3. The van der Waals surface area contributed by atoms with Gasteiger partial charge in [0.2, 0.25) is 0 Å². The van der Waals surface area contributed by atoms with Gasteiger partial charge in [0, 0.05) is 17.0 Å². The highest BCUT2D eigenvalue weighted by atomic mass is 35.5. The van der Waals surface area contributed by atoms with Gasteiger partial charge in [0.15, 0.2) is 0 Å². The van der Waals surface area contributed by atoms with Gasteiger partial charge in [0.05, 0.1) is 5.52 Å². The predicted octanol–water partition coefficient (Wildman–Crippen LogP) is 4.48. The van der Waals surface area contributed by atoms with Crippen LogP contribution in [0.2, 0.25) is 5.15 Å². The van der Waals surface area contributed by atoms with E-state index in [0.717, 1.165) is 10.9 Å². The maximum absolute atomic E-state index is 9.78. The van der Waals surface area contributed by atoms with Gasteiger partial charge in [-0.05, 0) is 24.6 Å². The molecule has 0 amide bonds. The number of rotatable bonds is 3. The fraction of sp³-hybridized carbons (Fsp3) is 0.118. The largest absolute Gasteiger partial charge is 0.508 e. The van der Waals surface area contributed by atoms with E-state index in [0.29, 0.717) is 28.6 Å². The van der Waals surface area contributed by atoms with Crippen molar-refractivity contribution in [1.29, 1.82) is 0 Å². The van der Waals surface area contributed by atoms with Crippen molar-refractivity contribution in [2.24, 2.45) is 0 Å². The zero-order chi connectivity index (χ0) is 14.8. The topological polar surface area (TPSA) is 42.4 Å². The maximum atomic E-state index is 9.78. The van der Waals surface area contributed by atoms with Gasteiger partial charge in [-0.1, -0.05) is 41.9 Å². The average molecular weight is 300 g/mol. The first-order valence-electron chi connectivity index (χ1n) is 6.60. The van der Waals surface area contributed by atoms with Crippen molar-refractivity contribution in [3.63, 3.8) is 0 Å². The lowest BCUT2D eigenvalue weighted by molar-refractivity contribution is 0.310. The summed E-state index contributed by atoms with van der Waals surface area (Å²) in [5.41, 5.74) is 2.43. The van der Waals surface area contributed by atoms with Crippen LogP contribution in [0.1, 0.15) is 11.1 Å². The first-order valence-corrected chi connectivity index (χ1v) is 6.98. The predicted molar refractivity (Wildman–Crippen MR) is 83.9 cm³/mol. The highest BCUT2D eigenvalue weighted by Gasteiger charge is 2.11. The Kier molecular flexibility index (Phi) is 3.67. The van der Waals surface area contributed by atoms with Crippen LogP contribution in [-0.4, -0.2) is 10.1 Å². The summed E-state index contributed by atoms with van der Waals surface area (Å²) < 4.78 is 5.87. The number of aromatic hydroxyl groups is 1. The van der Waals surface area contributed by atoms with Crippen molar-refractivity contribution in [2.75, 3.05) is 0 Å². The number of nitrogens with zero attached hydrogens (tertiary/aromatic N) is 1. The zero-order valence-corrected chi connectivity index (χ0v) is 12.3. The quantitative estimate of drug-likeness (QED) is 0.725. The van der Waals surface area contributed by atoms with E-state index < -0.39 is 0 Å². The molecule has 0 unspecified atom stereocenters. The SMILES string of the molecule is Cc1c(O)ccc2c(OCc3ccccc3)cc(Cl)nc12. The van der Waals surface area contributed by atoms with Crippen LogP contribution in [0.4, 0.5) is 0 Å². The number of hydrogen-bond acceptors (Lipinski definition) is 3. The van der Waals surface area contributed by atoms with E-state index in [-0.39, 0.29) is 5.75 Å². The molecule has 3 aromatic rings. The van der Waals surface area contributed by atoms with Gasteiger partial charge in [0.1, 0.15) is 23.3 Å². The third-order valence-corrected chi connectivity index (χ3v) is 3.57. The van der Waals surface area contributed by atoms with Crippen molar-refractivity contribution in [3.05, 3.63) is 64.8 Å². The highest BCUT2D eigenvalue weighted by Crippen LogP contribution is 2.33. The molecule has 0 bridgehead atoms. The van der Waals surface area contributed by atoms with Gasteiger partial charge >= 0.3 is 0 Å². The Balaban J connectivity index is 2.00. The molecule has 0 saturated heterocycles. The summed E-state index contributed by atoms with van der Waals surface area (Å²) in [6.45, 7) is 2.26. The molecule has 0 aliphatic carbocycles. The van der Waals surface area contributed by atoms with Crippen LogP contribution in [0, 0.1) is 6.92 Å². The Bertz CT molecular complexity index is 788. The molecule has 0 aliphatic rings. The van der Waals surface area contributed by atoms with Gasteiger partial charge in [-0.2, -0.15) is 0 Å². The van der Waals surface area contributed by atoms with Crippen molar-refractivity contribution in [2.45, 2.75) is 13.5 Å². The second-order valence-corrected chi connectivity index (χ2v) is 5.21. The summed E-state index contributed by atoms with van der Waals surface area (Å²) in [6, 6.07) is 15.0. The minimum atomic E-state index is 0.200. The molecule has 0 saturated carbocycles. The third-order valence-electron chi connectivity index (χ3n) is 3.37. The number of pyridine rings is 1. The number of ether oxygens (including phenoxy) is 1. The number of benzene rings is 2. The second-order valence-electron chi connectivity index (χ2n) is 4.82. The smallest absolute Gasteiger partial charge is 0.133 e. The number of fused-ring (bicyclic) bond motifs is 1. The molecule has 21 heavy (non-hydrogen) atoms. The highest BCUT2D eigenvalue weighted by molar-refractivity contribution is 6.30. The molecule has 1 N–H and O–H groups in total. The van der Waals surface area contributed by atoms with Gasteiger partial charge in [0.25, 0.3) is 0 Å². The Morgan fingerprint density at radius 2 is 1.90 bits per heavy atom. The van der Waals surface area contributed by atoms with Crippen LogP contribution in [0.3, 0.4) is 0 Å². The molecule has 0 spiro atoms.